The van der Waals surface area contributed by atoms with E-state index in [0.29, 0.717) is 0 Å². The van der Waals surface area contributed by atoms with Gasteiger partial charge in [-0.2, -0.15) is 0 Å². The lowest BCUT2D eigenvalue weighted by Crippen LogP contribution is -1.89. The molecule has 0 saturated heterocycles. The molecule has 0 aliphatic heterocycles. The Bertz CT molecular complexity index is 436. The summed E-state index contributed by atoms with van der Waals surface area (Å²) in [7, 11) is 0. The lowest BCUT2D eigenvalue weighted by molar-refractivity contribution is 1.14. The second kappa shape index (κ2) is 4.77. The Hall–Kier alpha value is -0.870. The molecule has 2 nitrogen and oxygen atoms in total. The van der Waals surface area contributed by atoms with Crippen LogP contribution in [0.5, 0.6) is 0 Å². The fourth-order valence-corrected chi connectivity index (χ4v) is 2.42. The Labute approximate surface area is 101 Å². The summed E-state index contributed by atoms with van der Waals surface area (Å²) < 4.78 is 0.875. The minimum absolute atomic E-state index is 0.875. The fraction of sp³-hybridized carbons (Fsp3) is 0.182. The number of nitrogens with one attached hydrogen (secondary N) is 1. The molecule has 0 amide bonds. The van der Waals surface area contributed by atoms with E-state index in [-0.39, 0.29) is 0 Å². The SMILES string of the molecule is CCc1ccc(Nc2nc(Br)cs2)cc1. The molecule has 2 aromatic rings. The smallest absolute Gasteiger partial charge is 0.188 e. The molecule has 1 N–H and O–H groups in total. The van der Waals surface area contributed by atoms with Crippen LogP contribution in [0.15, 0.2) is 34.2 Å². The summed E-state index contributed by atoms with van der Waals surface area (Å²) in [4.78, 5) is 4.27. The number of hydrogen-bond acceptors (Lipinski definition) is 3. The van der Waals surface area contributed by atoms with Gasteiger partial charge in [0.2, 0.25) is 0 Å². The third-order valence-corrected chi connectivity index (χ3v) is 3.56. The van der Waals surface area contributed by atoms with E-state index in [1.54, 1.807) is 11.3 Å². The first kappa shape index (κ1) is 10.6. The Morgan fingerprint density at radius 3 is 2.60 bits per heavy atom. The van der Waals surface area contributed by atoms with E-state index < -0.39 is 0 Å². The third kappa shape index (κ3) is 2.79. The first-order chi connectivity index (χ1) is 7.28. The molecule has 0 spiro atoms. The highest BCUT2D eigenvalue weighted by Gasteiger charge is 1.99. The summed E-state index contributed by atoms with van der Waals surface area (Å²) in [6, 6.07) is 8.41. The van der Waals surface area contributed by atoms with Crippen molar-refractivity contribution in [2.75, 3.05) is 5.32 Å². The molecular weight excluding hydrogens is 272 g/mol. The van der Waals surface area contributed by atoms with Crippen molar-refractivity contribution in [2.45, 2.75) is 13.3 Å². The van der Waals surface area contributed by atoms with Gasteiger partial charge in [0.05, 0.1) is 0 Å². The van der Waals surface area contributed by atoms with Crippen LogP contribution in [0.4, 0.5) is 10.8 Å². The summed E-state index contributed by atoms with van der Waals surface area (Å²) in [6.45, 7) is 2.15. The van der Waals surface area contributed by atoms with Crippen molar-refractivity contribution < 1.29 is 0 Å². The van der Waals surface area contributed by atoms with Crippen molar-refractivity contribution >= 4 is 38.1 Å². The molecule has 15 heavy (non-hydrogen) atoms. The summed E-state index contributed by atoms with van der Waals surface area (Å²) in [5.74, 6) is 0. The lowest BCUT2D eigenvalue weighted by atomic mass is 10.1. The first-order valence-electron chi connectivity index (χ1n) is 4.75. The van der Waals surface area contributed by atoms with Gasteiger partial charge < -0.3 is 5.32 Å². The molecule has 1 aromatic carbocycles. The van der Waals surface area contributed by atoms with Gasteiger partial charge >= 0.3 is 0 Å². The Morgan fingerprint density at radius 1 is 1.33 bits per heavy atom. The van der Waals surface area contributed by atoms with Crippen molar-refractivity contribution in [2.24, 2.45) is 0 Å². The van der Waals surface area contributed by atoms with Gasteiger partial charge in [-0.15, -0.1) is 11.3 Å². The highest BCUT2D eigenvalue weighted by atomic mass is 79.9. The number of halogens is 1. The van der Waals surface area contributed by atoms with E-state index >= 15 is 0 Å². The molecule has 0 unspecified atom stereocenters. The van der Waals surface area contributed by atoms with Crippen molar-refractivity contribution in [3.8, 4) is 0 Å². The highest BCUT2D eigenvalue weighted by Crippen LogP contribution is 2.23. The maximum Gasteiger partial charge on any atom is 0.188 e. The number of nitrogens with zero attached hydrogens (tertiary/aromatic N) is 1. The molecule has 0 radical (unpaired) electrons. The van der Waals surface area contributed by atoms with Crippen LogP contribution >= 0.6 is 27.3 Å². The molecular formula is C11H11BrN2S. The predicted octanol–water partition coefficient (Wildman–Crippen LogP) is 4.21. The lowest BCUT2D eigenvalue weighted by Gasteiger charge is -2.03. The summed E-state index contributed by atoms with van der Waals surface area (Å²) in [5, 5.41) is 6.12. The highest BCUT2D eigenvalue weighted by molar-refractivity contribution is 9.10. The number of anilines is 2. The van der Waals surface area contributed by atoms with Gasteiger partial charge in [0, 0.05) is 11.1 Å². The van der Waals surface area contributed by atoms with E-state index in [4.69, 9.17) is 0 Å². The first-order valence-corrected chi connectivity index (χ1v) is 6.42. The molecule has 2 rings (SSSR count). The predicted molar refractivity (Wildman–Crippen MR) is 68.9 cm³/mol. The van der Waals surface area contributed by atoms with Crippen LogP contribution in [-0.4, -0.2) is 4.98 Å². The van der Waals surface area contributed by atoms with Gasteiger partial charge in [0.25, 0.3) is 0 Å². The Morgan fingerprint density at radius 2 is 2.07 bits per heavy atom. The molecule has 0 fully saturated rings. The number of aryl methyl sites for hydroxylation is 1. The molecule has 0 saturated carbocycles. The summed E-state index contributed by atoms with van der Waals surface area (Å²) in [5.41, 5.74) is 2.43. The van der Waals surface area contributed by atoms with Gasteiger partial charge in [0.1, 0.15) is 4.60 Å². The van der Waals surface area contributed by atoms with Crippen LogP contribution in [0.25, 0.3) is 0 Å². The van der Waals surface area contributed by atoms with E-state index in [0.717, 1.165) is 21.8 Å². The molecule has 1 heterocycles. The van der Waals surface area contributed by atoms with Crippen molar-refractivity contribution in [3.63, 3.8) is 0 Å². The van der Waals surface area contributed by atoms with Gasteiger partial charge in [-0.1, -0.05) is 19.1 Å². The van der Waals surface area contributed by atoms with Crippen LogP contribution in [0, 0.1) is 0 Å². The summed E-state index contributed by atoms with van der Waals surface area (Å²) >= 11 is 4.91. The summed E-state index contributed by atoms with van der Waals surface area (Å²) in [6.07, 6.45) is 1.07. The van der Waals surface area contributed by atoms with Crippen LogP contribution in [0.1, 0.15) is 12.5 Å². The average Bonchev–Trinajstić information content (AvgIpc) is 2.65. The monoisotopic (exact) mass is 282 g/mol. The number of aromatic nitrogens is 1. The van der Waals surface area contributed by atoms with Gasteiger partial charge in [0.15, 0.2) is 5.13 Å². The zero-order valence-electron chi connectivity index (χ0n) is 8.33. The second-order valence-electron chi connectivity index (χ2n) is 3.15. The average molecular weight is 283 g/mol. The van der Waals surface area contributed by atoms with Crippen molar-refractivity contribution in [1.82, 2.24) is 4.98 Å². The number of thiazole rings is 1. The third-order valence-electron chi connectivity index (χ3n) is 2.09. The van der Waals surface area contributed by atoms with E-state index in [2.05, 4.69) is 57.4 Å². The number of rotatable bonds is 3. The molecule has 0 aliphatic carbocycles. The largest absolute Gasteiger partial charge is 0.332 e. The minimum Gasteiger partial charge on any atom is -0.332 e. The Balaban J connectivity index is 2.11. The normalized spacial score (nSPS) is 10.3. The molecule has 4 heteroatoms. The number of hydrogen-bond donors (Lipinski definition) is 1. The fourth-order valence-electron chi connectivity index (χ4n) is 1.26. The van der Waals surface area contributed by atoms with Gasteiger partial charge in [-0.05, 0) is 40.0 Å². The van der Waals surface area contributed by atoms with Gasteiger partial charge in [-0.3, -0.25) is 0 Å². The zero-order valence-corrected chi connectivity index (χ0v) is 10.7. The minimum atomic E-state index is 0.875. The quantitative estimate of drug-likeness (QED) is 0.912. The standard InChI is InChI=1S/C11H11BrN2S/c1-2-8-3-5-9(6-4-8)13-11-14-10(12)7-15-11/h3-7H,2H2,1H3,(H,13,14). The van der Waals surface area contributed by atoms with Crippen molar-refractivity contribution in [3.05, 3.63) is 39.8 Å². The maximum atomic E-state index is 4.27. The topological polar surface area (TPSA) is 24.9 Å². The van der Waals surface area contributed by atoms with Gasteiger partial charge in [-0.25, -0.2) is 4.98 Å². The molecule has 78 valence electrons. The van der Waals surface area contributed by atoms with Crippen LogP contribution in [0.2, 0.25) is 0 Å². The van der Waals surface area contributed by atoms with E-state index in [1.807, 2.05) is 5.38 Å². The van der Waals surface area contributed by atoms with E-state index in [1.165, 1.54) is 5.56 Å². The molecule has 0 bridgehead atoms. The van der Waals surface area contributed by atoms with Crippen LogP contribution in [0.3, 0.4) is 0 Å². The number of benzene rings is 1. The Kier molecular flexibility index (Phi) is 3.38. The maximum absolute atomic E-state index is 4.27. The van der Waals surface area contributed by atoms with Crippen molar-refractivity contribution in [1.29, 1.82) is 0 Å². The van der Waals surface area contributed by atoms with E-state index in [9.17, 15) is 0 Å². The second-order valence-corrected chi connectivity index (χ2v) is 4.82. The van der Waals surface area contributed by atoms with Crippen LogP contribution in [-0.2, 0) is 6.42 Å². The zero-order chi connectivity index (χ0) is 10.7. The van der Waals surface area contributed by atoms with Crippen LogP contribution < -0.4 is 5.32 Å². The molecule has 0 atom stereocenters. The molecule has 0 aliphatic rings. The molecule has 1 aromatic heterocycles.